The van der Waals surface area contributed by atoms with Crippen molar-refractivity contribution < 1.29 is 14.3 Å². The summed E-state index contributed by atoms with van der Waals surface area (Å²) in [5.41, 5.74) is 0.0763. The summed E-state index contributed by atoms with van der Waals surface area (Å²) >= 11 is 0. The number of likely N-dealkylation sites (tertiary alicyclic amines) is 1. The average molecular weight is 266 g/mol. The Morgan fingerprint density at radius 2 is 2.32 bits per heavy atom. The third-order valence-electron chi connectivity index (χ3n) is 3.47. The van der Waals surface area contributed by atoms with E-state index in [0.29, 0.717) is 6.42 Å². The number of hydrogen-bond donors (Lipinski definition) is 0. The van der Waals surface area contributed by atoms with Crippen LogP contribution < -0.4 is 0 Å². The third-order valence-corrected chi connectivity index (χ3v) is 3.47. The number of ether oxygens (including phenoxy) is 1. The minimum Gasteiger partial charge on any atom is -0.443 e. The molecule has 106 valence electrons. The maximum atomic E-state index is 11.9. The van der Waals surface area contributed by atoms with E-state index >= 15 is 0 Å². The molecule has 0 aliphatic carbocycles. The SMILES string of the molecule is C=CN1CCCC1CC(=C=O)C(=O)OC(C)N(C)C. The van der Waals surface area contributed by atoms with Gasteiger partial charge in [0.25, 0.3) is 0 Å². The van der Waals surface area contributed by atoms with E-state index in [1.54, 1.807) is 38.1 Å². The average Bonchev–Trinajstić information content (AvgIpc) is 2.82. The number of carbonyl (C=O) groups is 1. The second kappa shape index (κ2) is 7.12. The van der Waals surface area contributed by atoms with E-state index in [0.717, 1.165) is 19.4 Å². The lowest BCUT2D eigenvalue weighted by Gasteiger charge is -2.23. The molecule has 0 N–H and O–H groups in total. The molecule has 19 heavy (non-hydrogen) atoms. The van der Waals surface area contributed by atoms with Gasteiger partial charge in [0.1, 0.15) is 11.5 Å². The second-order valence-corrected chi connectivity index (χ2v) is 4.97. The second-order valence-electron chi connectivity index (χ2n) is 4.97. The van der Waals surface area contributed by atoms with Crippen molar-refractivity contribution in [3.63, 3.8) is 0 Å². The van der Waals surface area contributed by atoms with Crippen LogP contribution in [0.5, 0.6) is 0 Å². The molecule has 1 aliphatic heterocycles. The molecule has 0 saturated carbocycles. The molecule has 1 aliphatic rings. The van der Waals surface area contributed by atoms with Gasteiger partial charge in [0.2, 0.25) is 0 Å². The maximum Gasteiger partial charge on any atom is 0.346 e. The topological polar surface area (TPSA) is 49.9 Å². The number of carbonyl (C=O) groups excluding carboxylic acids is 2. The van der Waals surface area contributed by atoms with E-state index in [2.05, 4.69) is 11.5 Å². The van der Waals surface area contributed by atoms with Gasteiger partial charge in [-0.15, -0.1) is 0 Å². The van der Waals surface area contributed by atoms with Crippen molar-refractivity contribution >= 4 is 11.9 Å². The zero-order valence-corrected chi connectivity index (χ0v) is 11.9. The highest BCUT2D eigenvalue weighted by Gasteiger charge is 2.26. The summed E-state index contributed by atoms with van der Waals surface area (Å²) < 4.78 is 5.19. The quantitative estimate of drug-likeness (QED) is 0.313. The fourth-order valence-corrected chi connectivity index (χ4v) is 2.05. The van der Waals surface area contributed by atoms with Gasteiger partial charge in [0, 0.05) is 19.0 Å². The summed E-state index contributed by atoms with van der Waals surface area (Å²) in [6.07, 6.45) is 3.76. The van der Waals surface area contributed by atoms with Gasteiger partial charge in [-0.05, 0) is 40.1 Å². The predicted molar refractivity (Wildman–Crippen MR) is 73.0 cm³/mol. The number of hydrogen-bond acceptors (Lipinski definition) is 5. The monoisotopic (exact) mass is 266 g/mol. The Kier molecular flexibility index (Phi) is 5.80. The van der Waals surface area contributed by atoms with Crippen LogP contribution in [0, 0.1) is 0 Å². The van der Waals surface area contributed by atoms with Crippen LogP contribution in [0.2, 0.25) is 0 Å². The lowest BCUT2D eigenvalue weighted by Crippen LogP contribution is -2.32. The van der Waals surface area contributed by atoms with Crippen molar-refractivity contribution in [1.82, 2.24) is 9.80 Å². The van der Waals surface area contributed by atoms with Crippen LogP contribution in [0.25, 0.3) is 0 Å². The van der Waals surface area contributed by atoms with Crippen LogP contribution in [0.4, 0.5) is 0 Å². The fraction of sp³-hybridized carbons (Fsp3) is 0.643. The molecule has 1 saturated heterocycles. The Labute approximate surface area is 114 Å². The Hall–Kier alpha value is -1.58. The highest BCUT2D eigenvalue weighted by molar-refractivity contribution is 5.96. The van der Waals surface area contributed by atoms with Gasteiger partial charge >= 0.3 is 5.97 Å². The molecule has 0 aromatic heterocycles. The van der Waals surface area contributed by atoms with Crippen molar-refractivity contribution in [2.45, 2.75) is 38.5 Å². The van der Waals surface area contributed by atoms with E-state index < -0.39 is 5.97 Å². The molecule has 0 spiro atoms. The minimum atomic E-state index is -0.577. The zero-order chi connectivity index (χ0) is 14.4. The first-order valence-corrected chi connectivity index (χ1v) is 6.49. The van der Waals surface area contributed by atoms with Gasteiger partial charge in [-0.25, -0.2) is 9.59 Å². The molecule has 2 atom stereocenters. The number of rotatable bonds is 6. The first kappa shape index (κ1) is 15.5. The van der Waals surface area contributed by atoms with Crippen molar-refractivity contribution in [3.05, 3.63) is 18.4 Å². The minimum absolute atomic E-state index is 0.0763. The molecular weight excluding hydrogens is 244 g/mol. The summed E-state index contributed by atoms with van der Waals surface area (Å²) in [6, 6.07) is 0.149. The molecule has 5 nitrogen and oxygen atoms in total. The molecular formula is C14H22N2O3. The van der Waals surface area contributed by atoms with Crippen molar-refractivity contribution in [2.75, 3.05) is 20.6 Å². The van der Waals surface area contributed by atoms with Gasteiger partial charge in [-0.2, -0.15) is 0 Å². The molecule has 0 radical (unpaired) electrons. The van der Waals surface area contributed by atoms with Crippen LogP contribution in [0.1, 0.15) is 26.2 Å². The Balaban J connectivity index is 2.61. The molecule has 0 amide bonds. The predicted octanol–water partition coefficient (Wildman–Crippen LogP) is 1.19. The maximum absolute atomic E-state index is 11.9. The van der Waals surface area contributed by atoms with E-state index in [1.165, 1.54) is 0 Å². The Bertz CT molecular complexity index is 386. The molecule has 2 unspecified atom stereocenters. The van der Waals surface area contributed by atoms with Crippen LogP contribution in [-0.2, 0) is 14.3 Å². The summed E-state index contributed by atoms with van der Waals surface area (Å²) in [5.74, 6) is 1.15. The summed E-state index contributed by atoms with van der Waals surface area (Å²) in [4.78, 5) is 26.7. The summed E-state index contributed by atoms with van der Waals surface area (Å²) in [6.45, 7) is 6.41. The lowest BCUT2D eigenvalue weighted by atomic mass is 10.1. The van der Waals surface area contributed by atoms with Gasteiger partial charge in [-0.1, -0.05) is 6.58 Å². The van der Waals surface area contributed by atoms with Crippen molar-refractivity contribution in [2.24, 2.45) is 0 Å². The molecule has 0 bridgehead atoms. The summed E-state index contributed by atoms with van der Waals surface area (Å²) in [7, 11) is 3.61. The van der Waals surface area contributed by atoms with Gasteiger partial charge in [0.05, 0.1) is 0 Å². The number of nitrogens with zero attached hydrogens (tertiary/aromatic N) is 2. The van der Waals surface area contributed by atoms with E-state index in [1.807, 2.05) is 0 Å². The largest absolute Gasteiger partial charge is 0.443 e. The fourth-order valence-electron chi connectivity index (χ4n) is 2.05. The van der Waals surface area contributed by atoms with E-state index in [-0.39, 0.29) is 17.8 Å². The smallest absolute Gasteiger partial charge is 0.346 e. The molecule has 1 heterocycles. The third kappa shape index (κ3) is 4.23. The van der Waals surface area contributed by atoms with Gasteiger partial charge in [-0.3, -0.25) is 4.90 Å². The Morgan fingerprint density at radius 1 is 1.63 bits per heavy atom. The molecule has 0 aromatic carbocycles. The first-order valence-electron chi connectivity index (χ1n) is 6.49. The van der Waals surface area contributed by atoms with Crippen molar-refractivity contribution in [1.29, 1.82) is 0 Å². The lowest BCUT2D eigenvalue weighted by molar-refractivity contribution is -0.150. The highest BCUT2D eigenvalue weighted by Crippen LogP contribution is 2.23. The van der Waals surface area contributed by atoms with Crippen LogP contribution in [-0.4, -0.2) is 54.6 Å². The van der Waals surface area contributed by atoms with Crippen LogP contribution >= 0.6 is 0 Å². The molecule has 0 aromatic rings. The van der Waals surface area contributed by atoms with Crippen molar-refractivity contribution in [3.8, 4) is 0 Å². The van der Waals surface area contributed by atoms with Gasteiger partial charge < -0.3 is 9.64 Å². The molecule has 5 heteroatoms. The molecule has 1 rings (SSSR count). The summed E-state index contributed by atoms with van der Waals surface area (Å²) in [5, 5.41) is 0. The normalized spacial score (nSPS) is 20.0. The molecule has 1 fully saturated rings. The Morgan fingerprint density at radius 3 is 2.84 bits per heavy atom. The number of esters is 1. The van der Waals surface area contributed by atoms with Crippen LogP contribution in [0.15, 0.2) is 18.4 Å². The van der Waals surface area contributed by atoms with Crippen LogP contribution in [0.3, 0.4) is 0 Å². The van der Waals surface area contributed by atoms with E-state index in [9.17, 15) is 9.59 Å². The van der Waals surface area contributed by atoms with Gasteiger partial charge in [0.15, 0.2) is 6.23 Å². The standard InChI is InChI=1S/C14H22N2O3/c1-5-16-8-6-7-13(16)9-12(10-17)14(18)19-11(2)15(3)4/h5,11,13H,1,6-9H2,2-4H3. The first-order chi connectivity index (χ1) is 8.99. The highest BCUT2D eigenvalue weighted by atomic mass is 16.6. The zero-order valence-electron chi connectivity index (χ0n) is 11.9. The van der Waals surface area contributed by atoms with E-state index in [4.69, 9.17) is 4.74 Å².